The van der Waals surface area contributed by atoms with E-state index in [1.54, 1.807) is 4.90 Å². The summed E-state index contributed by atoms with van der Waals surface area (Å²) in [5, 5.41) is 0. The lowest BCUT2D eigenvalue weighted by Gasteiger charge is -2.37. The zero-order chi connectivity index (χ0) is 14.6. The van der Waals surface area contributed by atoms with Crippen molar-refractivity contribution in [3.05, 3.63) is 35.9 Å². The van der Waals surface area contributed by atoms with E-state index in [-0.39, 0.29) is 12.2 Å². The molecule has 2 rings (SSSR count). The molecule has 0 bridgehead atoms. The maximum Gasteiger partial charge on any atom is 0.412 e. The molecule has 1 aliphatic rings. The Morgan fingerprint density at radius 1 is 1.30 bits per heavy atom. The van der Waals surface area contributed by atoms with Gasteiger partial charge in [-0.1, -0.05) is 44.2 Å². The molecule has 2 unspecified atom stereocenters. The third-order valence-electron chi connectivity index (χ3n) is 3.84. The molecular weight excluding hydrogens is 254 g/mol. The number of ether oxygens (including phenoxy) is 2. The van der Waals surface area contributed by atoms with E-state index < -0.39 is 5.72 Å². The zero-order valence-electron chi connectivity index (χ0n) is 12.5. The fourth-order valence-corrected chi connectivity index (χ4v) is 2.70. The molecule has 110 valence electrons. The van der Waals surface area contributed by atoms with Crippen LogP contribution in [0.4, 0.5) is 4.79 Å². The summed E-state index contributed by atoms with van der Waals surface area (Å²) in [7, 11) is 0. The molecule has 0 aromatic heterocycles. The van der Waals surface area contributed by atoms with Crippen molar-refractivity contribution in [1.82, 2.24) is 4.90 Å². The Bertz CT molecular complexity index is 448. The number of benzene rings is 1. The minimum atomic E-state index is -0.650. The Morgan fingerprint density at radius 3 is 2.60 bits per heavy atom. The zero-order valence-corrected chi connectivity index (χ0v) is 12.5. The molecule has 0 N–H and O–H groups in total. The van der Waals surface area contributed by atoms with Crippen molar-refractivity contribution in [2.45, 2.75) is 52.0 Å². The van der Waals surface area contributed by atoms with Gasteiger partial charge in [-0.25, -0.2) is 4.79 Å². The second-order valence-electron chi connectivity index (χ2n) is 5.14. The van der Waals surface area contributed by atoms with Crippen molar-refractivity contribution in [1.29, 1.82) is 0 Å². The molecule has 0 spiro atoms. The summed E-state index contributed by atoms with van der Waals surface area (Å²) in [5.41, 5.74) is 0.430. The molecule has 4 heteroatoms. The summed E-state index contributed by atoms with van der Waals surface area (Å²) in [6, 6.07) is 9.93. The van der Waals surface area contributed by atoms with E-state index in [0.717, 1.165) is 12.0 Å². The quantitative estimate of drug-likeness (QED) is 0.798. The molecule has 0 radical (unpaired) electrons. The largest absolute Gasteiger partial charge is 0.441 e. The topological polar surface area (TPSA) is 38.8 Å². The van der Waals surface area contributed by atoms with Crippen LogP contribution in [-0.2, 0) is 16.0 Å². The van der Waals surface area contributed by atoms with Crippen LogP contribution in [0, 0.1) is 0 Å². The minimum absolute atomic E-state index is 0.254. The van der Waals surface area contributed by atoms with Crippen LogP contribution < -0.4 is 0 Å². The number of cyclic esters (lactones) is 1. The Morgan fingerprint density at radius 2 is 2.00 bits per heavy atom. The van der Waals surface area contributed by atoms with Gasteiger partial charge in [0.05, 0.1) is 6.54 Å². The number of carbonyl (C=O) groups is 1. The van der Waals surface area contributed by atoms with Crippen LogP contribution >= 0.6 is 0 Å². The molecule has 1 aromatic carbocycles. The lowest BCUT2D eigenvalue weighted by molar-refractivity contribution is -0.151. The average molecular weight is 277 g/mol. The van der Waals surface area contributed by atoms with E-state index >= 15 is 0 Å². The molecule has 1 saturated heterocycles. The lowest BCUT2D eigenvalue weighted by Crippen LogP contribution is -2.52. The van der Waals surface area contributed by atoms with Gasteiger partial charge in [0.25, 0.3) is 0 Å². The molecule has 4 nitrogen and oxygen atoms in total. The SMILES string of the molecule is CCCOC1(CC)C(C)OC(=O)N1Cc1ccccc1. The van der Waals surface area contributed by atoms with Crippen molar-refractivity contribution in [3.8, 4) is 0 Å². The molecule has 0 saturated carbocycles. The normalized spacial score (nSPS) is 25.9. The first-order valence-electron chi connectivity index (χ1n) is 7.30. The van der Waals surface area contributed by atoms with Gasteiger partial charge < -0.3 is 9.47 Å². The third-order valence-corrected chi connectivity index (χ3v) is 3.84. The van der Waals surface area contributed by atoms with Crippen LogP contribution in [0.25, 0.3) is 0 Å². The first-order valence-corrected chi connectivity index (χ1v) is 7.30. The van der Waals surface area contributed by atoms with Crippen LogP contribution in [0.15, 0.2) is 30.3 Å². The number of amides is 1. The second kappa shape index (κ2) is 6.27. The van der Waals surface area contributed by atoms with Crippen LogP contribution in [0.5, 0.6) is 0 Å². The number of carbonyl (C=O) groups excluding carboxylic acids is 1. The molecule has 1 fully saturated rings. The number of hydrogen-bond acceptors (Lipinski definition) is 3. The van der Waals surface area contributed by atoms with Gasteiger partial charge in [-0.15, -0.1) is 0 Å². The fourth-order valence-electron chi connectivity index (χ4n) is 2.70. The fraction of sp³-hybridized carbons (Fsp3) is 0.562. The second-order valence-corrected chi connectivity index (χ2v) is 5.14. The smallest absolute Gasteiger partial charge is 0.412 e. The molecule has 1 aliphatic heterocycles. The van der Waals surface area contributed by atoms with Crippen molar-refractivity contribution >= 4 is 6.09 Å². The lowest BCUT2D eigenvalue weighted by atomic mass is 10.0. The highest BCUT2D eigenvalue weighted by atomic mass is 16.6. The van der Waals surface area contributed by atoms with Gasteiger partial charge in [0.2, 0.25) is 0 Å². The van der Waals surface area contributed by atoms with Gasteiger partial charge in [-0.3, -0.25) is 4.90 Å². The van der Waals surface area contributed by atoms with E-state index in [2.05, 4.69) is 6.92 Å². The highest BCUT2D eigenvalue weighted by Gasteiger charge is 2.52. The van der Waals surface area contributed by atoms with Gasteiger partial charge in [0.15, 0.2) is 5.72 Å². The maximum atomic E-state index is 12.2. The summed E-state index contributed by atoms with van der Waals surface area (Å²) < 4.78 is 11.4. The minimum Gasteiger partial charge on any atom is -0.441 e. The first kappa shape index (κ1) is 14.9. The highest BCUT2D eigenvalue weighted by Crippen LogP contribution is 2.36. The molecule has 1 amide bonds. The van der Waals surface area contributed by atoms with Gasteiger partial charge in [0, 0.05) is 6.61 Å². The molecule has 0 aliphatic carbocycles. The monoisotopic (exact) mass is 277 g/mol. The van der Waals surface area contributed by atoms with Gasteiger partial charge in [-0.05, 0) is 25.3 Å². The Hall–Kier alpha value is -1.55. The van der Waals surface area contributed by atoms with Crippen LogP contribution in [0.1, 0.15) is 39.2 Å². The molecule has 1 aromatic rings. The Kier molecular flexibility index (Phi) is 4.65. The Balaban J connectivity index is 2.24. The average Bonchev–Trinajstić information content (AvgIpc) is 2.70. The summed E-state index contributed by atoms with van der Waals surface area (Å²) in [4.78, 5) is 13.9. The van der Waals surface area contributed by atoms with Crippen LogP contribution in [0.2, 0.25) is 0 Å². The van der Waals surface area contributed by atoms with E-state index in [1.807, 2.05) is 44.2 Å². The van der Waals surface area contributed by atoms with Crippen molar-refractivity contribution in [2.75, 3.05) is 6.61 Å². The third kappa shape index (κ3) is 2.66. The first-order chi connectivity index (χ1) is 9.64. The van der Waals surface area contributed by atoms with Gasteiger partial charge in [-0.2, -0.15) is 0 Å². The van der Waals surface area contributed by atoms with E-state index in [0.29, 0.717) is 19.6 Å². The molecule has 2 atom stereocenters. The summed E-state index contributed by atoms with van der Waals surface area (Å²) in [6.07, 6.45) is 1.09. The maximum absolute atomic E-state index is 12.2. The molecule has 1 heterocycles. The van der Waals surface area contributed by atoms with Crippen molar-refractivity contribution in [3.63, 3.8) is 0 Å². The molecular formula is C16H23NO3. The van der Waals surface area contributed by atoms with Crippen molar-refractivity contribution < 1.29 is 14.3 Å². The highest BCUT2D eigenvalue weighted by molar-refractivity contribution is 5.71. The summed E-state index contributed by atoms with van der Waals surface area (Å²) in [6.45, 7) is 7.14. The van der Waals surface area contributed by atoms with Crippen molar-refractivity contribution in [2.24, 2.45) is 0 Å². The Labute approximate surface area is 120 Å². The van der Waals surface area contributed by atoms with Crippen LogP contribution in [-0.4, -0.2) is 29.4 Å². The van der Waals surface area contributed by atoms with Crippen LogP contribution in [0.3, 0.4) is 0 Å². The van der Waals surface area contributed by atoms with E-state index in [4.69, 9.17) is 9.47 Å². The predicted octanol–water partition coefficient (Wildman–Crippen LogP) is 3.56. The van der Waals surface area contributed by atoms with E-state index in [9.17, 15) is 4.79 Å². The molecule has 20 heavy (non-hydrogen) atoms. The van der Waals surface area contributed by atoms with Gasteiger partial charge in [0.1, 0.15) is 6.10 Å². The van der Waals surface area contributed by atoms with Gasteiger partial charge >= 0.3 is 6.09 Å². The summed E-state index contributed by atoms with van der Waals surface area (Å²) >= 11 is 0. The standard InChI is InChI=1S/C16H23NO3/c1-4-11-19-16(5-2)13(3)20-15(18)17(16)12-14-9-7-6-8-10-14/h6-10,13H,4-5,11-12H2,1-3H3. The van der Waals surface area contributed by atoms with E-state index in [1.165, 1.54) is 0 Å². The summed E-state index contributed by atoms with van der Waals surface area (Å²) in [5.74, 6) is 0. The predicted molar refractivity (Wildman–Crippen MR) is 77.2 cm³/mol. The number of rotatable bonds is 6. The number of nitrogens with zero attached hydrogens (tertiary/aromatic N) is 1. The number of hydrogen-bond donors (Lipinski definition) is 0.